The molecule has 0 fully saturated rings. The van der Waals surface area contributed by atoms with Gasteiger partial charge in [-0.2, -0.15) is 5.10 Å². The number of rotatable bonds is 2. The third-order valence-electron chi connectivity index (χ3n) is 5.97. The average Bonchev–Trinajstić information content (AvgIpc) is 3.26. The summed E-state index contributed by atoms with van der Waals surface area (Å²) >= 11 is 0. The minimum absolute atomic E-state index is 0.151. The maximum atomic E-state index is 13.1. The minimum atomic E-state index is -3.49. The van der Waals surface area contributed by atoms with Crippen LogP contribution in [0.3, 0.4) is 0 Å². The number of hydrogen-bond donors (Lipinski definition) is 2. The van der Waals surface area contributed by atoms with E-state index in [1.807, 2.05) is 13.8 Å². The zero-order chi connectivity index (χ0) is 20.6. The van der Waals surface area contributed by atoms with E-state index in [1.165, 1.54) is 28.5 Å². The molecule has 1 aliphatic heterocycles. The lowest BCUT2D eigenvalue weighted by atomic mass is 9.75. The van der Waals surface area contributed by atoms with Crippen LogP contribution in [0, 0.1) is 0 Å². The molecule has 0 radical (unpaired) electrons. The Kier molecular flexibility index (Phi) is 3.89. The molecule has 1 aromatic carbocycles. The number of carbonyl (C=O) groups is 1. The average molecular weight is 416 g/mol. The molecule has 3 N–H and O–H groups in total. The molecule has 2 amide bonds. The first-order valence-corrected chi connectivity index (χ1v) is 11.5. The summed E-state index contributed by atoms with van der Waals surface area (Å²) < 4.78 is 24.4. The number of nitrogens with one attached hydrogen (secondary N) is 1. The monoisotopic (exact) mass is 415 g/mol. The van der Waals surface area contributed by atoms with Crippen molar-refractivity contribution in [3.8, 4) is 5.88 Å². The summed E-state index contributed by atoms with van der Waals surface area (Å²) in [5, 5.41) is 13.1. The number of amides is 2. The summed E-state index contributed by atoms with van der Waals surface area (Å²) in [7, 11) is -3.49. The maximum absolute atomic E-state index is 13.1. The number of hydrogen-bond acceptors (Lipinski definition) is 4. The first-order valence-electron chi connectivity index (χ1n) is 9.93. The molecular weight excluding hydrogens is 390 g/mol. The van der Waals surface area contributed by atoms with Gasteiger partial charge in [0.1, 0.15) is 10.5 Å². The van der Waals surface area contributed by atoms with Crippen molar-refractivity contribution < 1.29 is 13.7 Å². The van der Waals surface area contributed by atoms with Crippen molar-refractivity contribution in [1.29, 1.82) is 0 Å². The zero-order valence-electron chi connectivity index (χ0n) is 16.8. The maximum Gasteiger partial charge on any atom is 0.354 e. The van der Waals surface area contributed by atoms with Crippen LogP contribution in [0.2, 0.25) is 0 Å². The van der Waals surface area contributed by atoms with Crippen LogP contribution in [0.1, 0.15) is 55.4 Å². The van der Waals surface area contributed by atoms with Gasteiger partial charge in [-0.25, -0.2) is 18.8 Å². The van der Waals surface area contributed by atoms with Gasteiger partial charge in [-0.3, -0.25) is 0 Å². The zero-order valence-corrected chi connectivity index (χ0v) is 17.6. The second-order valence-electron chi connectivity index (χ2n) is 8.84. The number of fused-ring (bicyclic) bond motifs is 3. The molecule has 0 bridgehead atoms. The molecule has 0 saturated heterocycles. The van der Waals surface area contributed by atoms with Gasteiger partial charge in [-0.1, -0.05) is 13.0 Å². The van der Waals surface area contributed by atoms with Gasteiger partial charge in [0.2, 0.25) is 5.88 Å². The molecule has 5 rings (SSSR count). The number of benzene rings is 1. The molecule has 154 valence electrons. The summed E-state index contributed by atoms with van der Waals surface area (Å²) in [5.74, 6) is 0.709. The molecule has 1 aromatic heterocycles. The summed E-state index contributed by atoms with van der Waals surface area (Å²) in [6.07, 6.45) is 5.43. The van der Waals surface area contributed by atoms with Crippen LogP contribution in [0.5, 0.6) is 5.88 Å². The molecule has 2 aliphatic carbocycles. The van der Waals surface area contributed by atoms with Gasteiger partial charge in [-0.05, 0) is 67.7 Å². The van der Waals surface area contributed by atoms with Gasteiger partial charge in [0.25, 0.3) is 0 Å². The number of ether oxygens (including phenoxy) is 1. The lowest BCUT2D eigenvalue weighted by Gasteiger charge is -2.31. The van der Waals surface area contributed by atoms with E-state index in [0.29, 0.717) is 18.3 Å². The molecule has 8 nitrogen and oxygen atoms in total. The van der Waals surface area contributed by atoms with Gasteiger partial charge < -0.3 is 10.1 Å². The Morgan fingerprint density at radius 2 is 2.21 bits per heavy atom. The van der Waals surface area contributed by atoms with E-state index in [4.69, 9.17) is 9.88 Å². The highest BCUT2D eigenvalue weighted by molar-refractivity contribution is 7.91. The SMILES string of the molecule is C[C@H]1Cc2cc3c(c(NC(=O)N=[S@@](N)(=O)c4cnn5c4OC(C)(C)C5)c21)CCC3. The molecule has 2 heterocycles. The Labute approximate surface area is 170 Å². The summed E-state index contributed by atoms with van der Waals surface area (Å²) in [6, 6.07) is 1.57. The van der Waals surface area contributed by atoms with Gasteiger partial charge in [0.05, 0.1) is 12.7 Å². The van der Waals surface area contributed by atoms with Crippen LogP contribution in [-0.2, 0) is 35.7 Å². The van der Waals surface area contributed by atoms with Crippen molar-refractivity contribution in [3.05, 3.63) is 34.5 Å². The van der Waals surface area contributed by atoms with Gasteiger partial charge in [-0.15, -0.1) is 4.36 Å². The molecule has 2 aromatic rings. The summed E-state index contributed by atoms with van der Waals surface area (Å²) in [4.78, 5) is 12.9. The Bertz CT molecular complexity index is 1170. The van der Waals surface area contributed by atoms with E-state index in [9.17, 15) is 9.00 Å². The van der Waals surface area contributed by atoms with Crippen LogP contribution in [0.15, 0.2) is 21.5 Å². The molecule has 0 saturated carbocycles. The van der Waals surface area contributed by atoms with Crippen molar-refractivity contribution in [2.75, 3.05) is 5.32 Å². The molecule has 9 heteroatoms. The lowest BCUT2D eigenvalue weighted by molar-refractivity contribution is 0.132. The van der Waals surface area contributed by atoms with Crippen molar-refractivity contribution in [2.45, 2.75) is 69.4 Å². The standard InChI is InChI=1S/C20H25N5O3S/c1-11-7-13-8-12-5-4-6-14(12)17(16(11)13)23-19(26)24-29(21,27)15-9-22-25-10-20(2,3)28-18(15)25/h8-9,11H,4-7,10H2,1-3H3,(H3,21,23,24,26,27)/t11-,29+/m0/s1. The van der Waals surface area contributed by atoms with Crippen LogP contribution < -0.4 is 15.2 Å². The first-order chi connectivity index (χ1) is 13.6. The highest BCUT2D eigenvalue weighted by atomic mass is 32.2. The van der Waals surface area contributed by atoms with Crippen molar-refractivity contribution in [3.63, 3.8) is 0 Å². The molecule has 0 unspecified atom stereocenters. The Hall–Kier alpha value is -2.39. The van der Waals surface area contributed by atoms with E-state index < -0.39 is 21.5 Å². The largest absolute Gasteiger partial charge is 0.469 e. The Morgan fingerprint density at radius 3 is 2.97 bits per heavy atom. The van der Waals surface area contributed by atoms with Crippen molar-refractivity contribution >= 4 is 21.6 Å². The van der Waals surface area contributed by atoms with E-state index >= 15 is 0 Å². The molecule has 3 aliphatic rings. The quantitative estimate of drug-likeness (QED) is 0.785. The summed E-state index contributed by atoms with van der Waals surface area (Å²) in [5.41, 5.74) is 5.30. The highest BCUT2D eigenvalue weighted by Crippen LogP contribution is 2.45. The van der Waals surface area contributed by atoms with Crippen LogP contribution >= 0.6 is 0 Å². The topological polar surface area (TPSA) is 112 Å². The molecule has 0 spiro atoms. The number of anilines is 1. The molecule has 29 heavy (non-hydrogen) atoms. The van der Waals surface area contributed by atoms with Gasteiger partial charge >= 0.3 is 6.03 Å². The number of aryl methyl sites for hydroxylation is 1. The van der Waals surface area contributed by atoms with Crippen molar-refractivity contribution in [1.82, 2.24) is 9.78 Å². The fourth-order valence-electron chi connectivity index (χ4n) is 4.73. The normalized spacial score (nSPS) is 22.6. The van der Waals surface area contributed by atoms with E-state index in [1.54, 1.807) is 4.68 Å². The number of aromatic nitrogens is 2. The second kappa shape index (κ2) is 6.06. The Morgan fingerprint density at radius 1 is 1.41 bits per heavy atom. The van der Waals surface area contributed by atoms with Gasteiger partial charge in [0, 0.05) is 5.69 Å². The number of nitrogens with two attached hydrogens (primary N) is 1. The minimum Gasteiger partial charge on any atom is -0.469 e. The smallest absolute Gasteiger partial charge is 0.354 e. The summed E-state index contributed by atoms with van der Waals surface area (Å²) in [6.45, 7) is 6.48. The molecule has 2 atom stereocenters. The fraction of sp³-hybridized carbons (Fsp3) is 0.500. The van der Waals surface area contributed by atoms with Crippen LogP contribution in [-0.4, -0.2) is 25.6 Å². The number of nitrogens with zero attached hydrogens (tertiary/aromatic N) is 3. The predicted octanol–water partition coefficient (Wildman–Crippen LogP) is 3.14. The highest BCUT2D eigenvalue weighted by Gasteiger charge is 2.36. The fourth-order valence-corrected chi connectivity index (χ4v) is 5.71. The van der Waals surface area contributed by atoms with E-state index in [-0.39, 0.29) is 4.90 Å². The molecular formula is C20H25N5O3S. The third kappa shape index (κ3) is 2.95. The van der Waals surface area contributed by atoms with Crippen molar-refractivity contribution in [2.24, 2.45) is 9.50 Å². The third-order valence-corrected chi connectivity index (χ3v) is 7.32. The van der Waals surface area contributed by atoms with E-state index in [0.717, 1.165) is 31.4 Å². The Balaban J connectivity index is 1.48. The predicted molar refractivity (Wildman–Crippen MR) is 110 cm³/mol. The van der Waals surface area contributed by atoms with Crippen LogP contribution in [0.25, 0.3) is 0 Å². The van der Waals surface area contributed by atoms with E-state index in [2.05, 4.69) is 27.8 Å². The first kappa shape index (κ1) is 18.6. The van der Waals surface area contributed by atoms with Gasteiger partial charge in [0.15, 0.2) is 9.92 Å². The lowest BCUT2D eigenvalue weighted by Crippen LogP contribution is -2.27. The number of urea groups is 1. The van der Waals surface area contributed by atoms with Crippen LogP contribution in [0.4, 0.5) is 10.5 Å². The number of carbonyl (C=O) groups excluding carboxylic acids is 1. The second-order valence-corrected chi connectivity index (χ2v) is 10.6.